The highest BCUT2D eigenvalue weighted by molar-refractivity contribution is 9.10. The molecule has 0 saturated carbocycles. The van der Waals surface area contributed by atoms with Gasteiger partial charge in [-0.15, -0.1) is 11.3 Å². The summed E-state index contributed by atoms with van der Waals surface area (Å²) in [4.78, 5) is 1.21. The van der Waals surface area contributed by atoms with Gasteiger partial charge in [0.05, 0.1) is 6.61 Å². The second-order valence-corrected chi connectivity index (χ2v) is 4.91. The molecule has 0 saturated heterocycles. The highest BCUT2D eigenvalue weighted by Crippen LogP contribution is 2.34. The van der Waals surface area contributed by atoms with Crippen LogP contribution in [0.1, 0.15) is 18.7 Å². The molecule has 1 aromatic rings. The zero-order valence-corrected chi connectivity index (χ0v) is 9.00. The van der Waals surface area contributed by atoms with Crippen molar-refractivity contribution >= 4 is 27.3 Å². The van der Waals surface area contributed by atoms with Crippen molar-refractivity contribution in [1.82, 2.24) is 0 Å². The second-order valence-electron chi connectivity index (χ2n) is 3.14. The van der Waals surface area contributed by atoms with Crippen molar-refractivity contribution in [1.29, 1.82) is 0 Å². The van der Waals surface area contributed by atoms with E-state index in [1.807, 2.05) is 25.3 Å². The normalized spacial score (nSPS) is 12.0. The molecule has 1 rings (SSSR count). The maximum atomic E-state index is 9.08. The molecule has 0 amide bonds. The van der Waals surface area contributed by atoms with Gasteiger partial charge < -0.3 is 5.11 Å². The fourth-order valence-corrected chi connectivity index (χ4v) is 2.88. The minimum atomic E-state index is -0.118. The number of hydrogen-bond donors (Lipinski definition) is 1. The molecule has 1 N–H and O–H groups in total. The van der Waals surface area contributed by atoms with Gasteiger partial charge in [0.1, 0.15) is 0 Å². The zero-order chi connectivity index (χ0) is 8.48. The maximum absolute atomic E-state index is 9.08. The summed E-state index contributed by atoms with van der Waals surface area (Å²) in [5, 5.41) is 11.1. The van der Waals surface area contributed by atoms with E-state index in [9.17, 15) is 0 Å². The Labute approximate surface area is 79.2 Å². The number of thiophene rings is 1. The molecule has 0 spiro atoms. The van der Waals surface area contributed by atoms with E-state index >= 15 is 0 Å². The summed E-state index contributed by atoms with van der Waals surface area (Å²) in [5.74, 6) is 0. The lowest BCUT2D eigenvalue weighted by Crippen LogP contribution is -2.20. The Balaban J connectivity index is 3.00. The quantitative estimate of drug-likeness (QED) is 0.835. The average molecular weight is 235 g/mol. The molecule has 62 valence electrons. The lowest BCUT2D eigenvalue weighted by atomic mass is 9.93. The first kappa shape index (κ1) is 9.23. The van der Waals surface area contributed by atoms with Gasteiger partial charge in [0.15, 0.2) is 0 Å². The third kappa shape index (κ3) is 1.83. The monoisotopic (exact) mass is 234 g/mol. The van der Waals surface area contributed by atoms with Gasteiger partial charge in [0.25, 0.3) is 0 Å². The molecule has 1 aromatic heterocycles. The van der Waals surface area contributed by atoms with Crippen molar-refractivity contribution in [3.8, 4) is 0 Å². The molecule has 1 nitrogen and oxygen atoms in total. The van der Waals surface area contributed by atoms with Crippen molar-refractivity contribution in [3.63, 3.8) is 0 Å². The Kier molecular flexibility index (Phi) is 2.73. The van der Waals surface area contributed by atoms with Gasteiger partial charge in [-0.1, -0.05) is 13.8 Å². The van der Waals surface area contributed by atoms with Crippen LogP contribution < -0.4 is 0 Å². The zero-order valence-electron chi connectivity index (χ0n) is 6.60. The van der Waals surface area contributed by atoms with Crippen molar-refractivity contribution in [2.45, 2.75) is 19.3 Å². The number of halogens is 1. The Bertz CT molecular complexity index is 242. The molecule has 0 atom stereocenters. The summed E-state index contributed by atoms with van der Waals surface area (Å²) in [6, 6.07) is 2.01. The number of rotatable bonds is 2. The van der Waals surface area contributed by atoms with E-state index in [-0.39, 0.29) is 12.0 Å². The molecule has 0 aliphatic heterocycles. The molecule has 0 aromatic carbocycles. The van der Waals surface area contributed by atoms with Crippen LogP contribution in [-0.2, 0) is 5.41 Å². The average Bonchev–Trinajstić information content (AvgIpc) is 2.36. The van der Waals surface area contributed by atoms with Crippen LogP contribution in [0.4, 0.5) is 0 Å². The van der Waals surface area contributed by atoms with E-state index in [0.717, 1.165) is 4.47 Å². The molecule has 0 aliphatic rings. The lowest BCUT2D eigenvalue weighted by molar-refractivity contribution is 0.220. The Morgan fingerprint density at radius 3 is 2.64 bits per heavy atom. The highest BCUT2D eigenvalue weighted by Gasteiger charge is 2.22. The number of aliphatic hydroxyl groups is 1. The number of aliphatic hydroxyl groups excluding tert-OH is 1. The number of hydrogen-bond acceptors (Lipinski definition) is 2. The van der Waals surface area contributed by atoms with E-state index in [0.29, 0.717) is 0 Å². The Morgan fingerprint density at radius 2 is 2.27 bits per heavy atom. The highest BCUT2D eigenvalue weighted by atomic mass is 79.9. The molecule has 0 aliphatic carbocycles. The molecule has 0 radical (unpaired) electrons. The van der Waals surface area contributed by atoms with Crippen LogP contribution in [0.5, 0.6) is 0 Å². The van der Waals surface area contributed by atoms with Crippen LogP contribution in [0, 0.1) is 0 Å². The van der Waals surface area contributed by atoms with E-state index in [2.05, 4.69) is 15.9 Å². The SMILES string of the molecule is CC(C)(CO)c1sccc1Br. The van der Waals surface area contributed by atoms with Crippen LogP contribution in [0.15, 0.2) is 15.9 Å². The second kappa shape index (κ2) is 3.25. The van der Waals surface area contributed by atoms with Crippen molar-refractivity contribution in [2.75, 3.05) is 6.61 Å². The van der Waals surface area contributed by atoms with E-state index in [1.54, 1.807) is 11.3 Å². The lowest BCUT2D eigenvalue weighted by Gasteiger charge is -2.20. The summed E-state index contributed by atoms with van der Waals surface area (Å²) in [7, 11) is 0. The molecule has 0 bridgehead atoms. The summed E-state index contributed by atoms with van der Waals surface area (Å²) in [6.07, 6.45) is 0. The Hall–Kier alpha value is 0.140. The van der Waals surface area contributed by atoms with Crippen LogP contribution in [-0.4, -0.2) is 11.7 Å². The van der Waals surface area contributed by atoms with Crippen molar-refractivity contribution < 1.29 is 5.11 Å². The van der Waals surface area contributed by atoms with Gasteiger partial charge >= 0.3 is 0 Å². The van der Waals surface area contributed by atoms with Crippen LogP contribution >= 0.6 is 27.3 Å². The molecular formula is C8H11BrOS. The van der Waals surface area contributed by atoms with Crippen LogP contribution in [0.2, 0.25) is 0 Å². The summed E-state index contributed by atoms with van der Waals surface area (Å²) in [6.45, 7) is 4.25. The molecule has 1 heterocycles. The topological polar surface area (TPSA) is 20.2 Å². The smallest absolute Gasteiger partial charge is 0.0530 e. The van der Waals surface area contributed by atoms with Gasteiger partial charge in [-0.25, -0.2) is 0 Å². The minimum Gasteiger partial charge on any atom is -0.395 e. The molecular weight excluding hydrogens is 224 g/mol. The van der Waals surface area contributed by atoms with Crippen LogP contribution in [0.25, 0.3) is 0 Å². The van der Waals surface area contributed by atoms with E-state index < -0.39 is 0 Å². The van der Waals surface area contributed by atoms with E-state index in [1.165, 1.54) is 4.88 Å². The van der Waals surface area contributed by atoms with Gasteiger partial charge in [-0.3, -0.25) is 0 Å². The third-order valence-electron chi connectivity index (χ3n) is 1.63. The maximum Gasteiger partial charge on any atom is 0.0530 e. The van der Waals surface area contributed by atoms with Crippen molar-refractivity contribution in [2.24, 2.45) is 0 Å². The molecule has 3 heteroatoms. The standard InChI is InChI=1S/C8H11BrOS/c1-8(2,5-10)7-6(9)3-4-11-7/h3-4,10H,5H2,1-2H3. The fourth-order valence-electron chi connectivity index (χ4n) is 0.848. The molecule has 0 unspecified atom stereocenters. The molecule has 11 heavy (non-hydrogen) atoms. The minimum absolute atomic E-state index is 0.118. The summed E-state index contributed by atoms with van der Waals surface area (Å²) < 4.78 is 1.10. The molecule has 0 fully saturated rings. The largest absolute Gasteiger partial charge is 0.395 e. The van der Waals surface area contributed by atoms with Gasteiger partial charge in [-0.2, -0.15) is 0 Å². The summed E-state index contributed by atoms with van der Waals surface area (Å²) >= 11 is 5.12. The first-order valence-electron chi connectivity index (χ1n) is 3.42. The first-order chi connectivity index (χ1) is 5.08. The van der Waals surface area contributed by atoms with Crippen LogP contribution in [0.3, 0.4) is 0 Å². The first-order valence-corrected chi connectivity index (χ1v) is 5.09. The third-order valence-corrected chi connectivity index (χ3v) is 3.83. The summed E-state index contributed by atoms with van der Waals surface area (Å²) in [5.41, 5.74) is -0.118. The van der Waals surface area contributed by atoms with E-state index in [4.69, 9.17) is 5.11 Å². The van der Waals surface area contributed by atoms with Crippen molar-refractivity contribution in [3.05, 3.63) is 20.8 Å². The predicted octanol–water partition coefficient (Wildman–Crippen LogP) is 2.78. The fraction of sp³-hybridized carbons (Fsp3) is 0.500. The van der Waals surface area contributed by atoms with Gasteiger partial charge in [-0.05, 0) is 27.4 Å². The van der Waals surface area contributed by atoms with Gasteiger partial charge in [0.2, 0.25) is 0 Å². The predicted molar refractivity (Wildman–Crippen MR) is 52.1 cm³/mol. The Morgan fingerprint density at radius 1 is 1.64 bits per heavy atom. The van der Waals surface area contributed by atoms with Gasteiger partial charge in [0, 0.05) is 14.8 Å².